The molecule has 0 rings (SSSR count). The molecule has 7 N–H and O–H groups in total. The fraction of sp³-hybridized carbons (Fsp3) is 1.00. The Morgan fingerprint density at radius 1 is 0.917 bits per heavy atom. The molecule has 6 heteroatoms. The van der Waals surface area contributed by atoms with Crippen molar-refractivity contribution in [3.8, 4) is 0 Å². The number of aliphatic hydroxyl groups excluding tert-OH is 5. The van der Waals surface area contributed by atoms with Crippen molar-refractivity contribution in [2.75, 3.05) is 13.2 Å². The molecule has 0 saturated carbocycles. The fourth-order valence-electron chi connectivity index (χ4n) is 0.703. The van der Waals surface area contributed by atoms with Gasteiger partial charge in [0.05, 0.1) is 12.7 Å². The molecule has 0 aliphatic carbocycles. The lowest BCUT2D eigenvalue weighted by atomic mass is 10.0. The molecule has 0 amide bonds. The van der Waals surface area contributed by atoms with Crippen LogP contribution in [-0.2, 0) is 0 Å². The maximum absolute atomic E-state index is 9.04. The highest BCUT2D eigenvalue weighted by Gasteiger charge is 2.28. The predicted molar refractivity (Wildman–Crippen MR) is 40.2 cm³/mol. The summed E-state index contributed by atoms with van der Waals surface area (Å²) in [5.41, 5.74) is 4.99. The minimum atomic E-state index is -1.59. The van der Waals surface area contributed by atoms with Crippen molar-refractivity contribution in [1.82, 2.24) is 0 Å². The zero-order valence-electron chi connectivity index (χ0n) is 6.54. The van der Waals surface area contributed by atoms with Gasteiger partial charge in [0.15, 0.2) is 0 Å². The zero-order valence-corrected chi connectivity index (χ0v) is 6.54. The molecule has 4 atom stereocenters. The molecule has 0 saturated heterocycles. The number of nitrogens with two attached hydrogens (primary N) is 1. The number of hydrogen-bond acceptors (Lipinski definition) is 6. The van der Waals surface area contributed by atoms with E-state index in [0.29, 0.717) is 0 Å². The molecule has 0 aliphatic heterocycles. The molecule has 6 nitrogen and oxygen atoms in total. The van der Waals surface area contributed by atoms with Crippen molar-refractivity contribution < 1.29 is 25.5 Å². The molecule has 0 bridgehead atoms. The first kappa shape index (κ1) is 11.8. The van der Waals surface area contributed by atoms with E-state index in [1.54, 1.807) is 0 Å². The van der Waals surface area contributed by atoms with Crippen molar-refractivity contribution in [2.24, 2.45) is 5.73 Å². The van der Waals surface area contributed by atoms with Gasteiger partial charge in [0.1, 0.15) is 18.3 Å². The van der Waals surface area contributed by atoms with E-state index in [1.807, 2.05) is 0 Å². The summed E-state index contributed by atoms with van der Waals surface area (Å²) in [5, 5.41) is 44.2. The van der Waals surface area contributed by atoms with Crippen LogP contribution < -0.4 is 5.73 Å². The molecule has 0 aromatic rings. The average Bonchev–Trinajstić information content (AvgIpc) is 2.12. The Hall–Kier alpha value is -0.240. The smallest absolute Gasteiger partial charge is 0.111 e. The Labute approximate surface area is 69.9 Å². The maximum atomic E-state index is 9.04. The number of hydrogen-bond donors (Lipinski definition) is 6. The van der Waals surface area contributed by atoms with Crippen LogP contribution in [0.25, 0.3) is 0 Å². The van der Waals surface area contributed by atoms with Crippen LogP contribution in [0, 0.1) is 0 Å². The first-order chi connectivity index (χ1) is 5.54. The average molecular weight is 181 g/mol. The summed E-state index contributed by atoms with van der Waals surface area (Å²) in [5.74, 6) is 0. The lowest BCUT2D eigenvalue weighted by Crippen LogP contribution is -2.48. The van der Waals surface area contributed by atoms with Crippen molar-refractivity contribution in [3.63, 3.8) is 0 Å². The van der Waals surface area contributed by atoms with Crippen molar-refractivity contribution in [2.45, 2.75) is 24.4 Å². The van der Waals surface area contributed by atoms with Gasteiger partial charge >= 0.3 is 0 Å². The second-order valence-electron chi connectivity index (χ2n) is 2.53. The highest BCUT2D eigenvalue weighted by molar-refractivity contribution is 4.80. The van der Waals surface area contributed by atoms with Gasteiger partial charge in [0.25, 0.3) is 0 Å². The quantitative estimate of drug-likeness (QED) is 0.260. The van der Waals surface area contributed by atoms with Gasteiger partial charge in [-0.1, -0.05) is 0 Å². The van der Waals surface area contributed by atoms with Gasteiger partial charge in [-0.25, -0.2) is 0 Å². The van der Waals surface area contributed by atoms with Gasteiger partial charge in [-0.15, -0.1) is 0 Å². The van der Waals surface area contributed by atoms with E-state index in [4.69, 9.17) is 31.3 Å². The summed E-state index contributed by atoms with van der Waals surface area (Å²) in [7, 11) is 0. The summed E-state index contributed by atoms with van der Waals surface area (Å²) in [6, 6.07) is 0. The maximum Gasteiger partial charge on any atom is 0.111 e. The van der Waals surface area contributed by atoms with Gasteiger partial charge in [0.2, 0.25) is 0 Å². The van der Waals surface area contributed by atoms with E-state index in [2.05, 4.69) is 0 Å². The van der Waals surface area contributed by atoms with Crippen LogP contribution in [0.5, 0.6) is 0 Å². The number of aliphatic hydroxyl groups is 5. The van der Waals surface area contributed by atoms with E-state index in [0.717, 1.165) is 0 Å². The van der Waals surface area contributed by atoms with Crippen LogP contribution in [0.2, 0.25) is 0 Å². The SMILES string of the molecule is NCC(O)C(O)[C@H](O)C(O)CO. The lowest BCUT2D eigenvalue weighted by molar-refractivity contribution is -0.112. The molecule has 0 aromatic heterocycles. The molecular formula is C6H15NO5. The standard InChI is InChI=1S/C6H15NO5/c7-1-3(9)5(11)6(12)4(10)2-8/h3-6,8-12H,1-2,7H2/t3?,4?,5?,6-/m1/s1. The third-order valence-electron chi connectivity index (χ3n) is 1.57. The van der Waals surface area contributed by atoms with Gasteiger partial charge in [-0.2, -0.15) is 0 Å². The highest BCUT2D eigenvalue weighted by atomic mass is 16.4. The monoisotopic (exact) mass is 181 g/mol. The Morgan fingerprint density at radius 3 is 1.67 bits per heavy atom. The van der Waals surface area contributed by atoms with Crippen LogP contribution >= 0.6 is 0 Å². The molecule has 3 unspecified atom stereocenters. The molecule has 74 valence electrons. The molecule has 0 spiro atoms. The Bertz CT molecular complexity index is 109. The molecule has 0 aliphatic rings. The predicted octanol–water partition coefficient (Wildman–Crippen LogP) is -3.62. The minimum Gasteiger partial charge on any atom is -0.394 e. The van der Waals surface area contributed by atoms with E-state index in [1.165, 1.54) is 0 Å². The highest BCUT2D eigenvalue weighted by Crippen LogP contribution is 2.03. The summed E-state index contributed by atoms with van der Waals surface area (Å²) in [4.78, 5) is 0. The van der Waals surface area contributed by atoms with E-state index in [9.17, 15) is 0 Å². The van der Waals surface area contributed by atoms with Crippen LogP contribution in [-0.4, -0.2) is 63.1 Å². The Balaban J connectivity index is 3.99. The molecule has 0 heterocycles. The molecule has 0 fully saturated rings. The topological polar surface area (TPSA) is 127 Å². The first-order valence-corrected chi connectivity index (χ1v) is 3.57. The summed E-state index contributed by atoms with van der Waals surface area (Å²) >= 11 is 0. The van der Waals surface area contributed by atoms with E-state index < -0.39 is 31.0 Å². The Morgan fingerprint density at radius 2 is 1.33 bits per heavy atom. The van der Waals surface area contributed by atoms with Gasteiger partial charge < -0.3 is 31.3 Å². The second kappa shape index (κ2) is 5.41. The first-order valence-electron chi connectivity index (χ1n) is 3.57. The van der Waals surface area contributed by atoms with Gasteiger partial charge in [-0.05, 0) is 0 Å². The fourth-order valence-corrected chi connectivity index (χ4v) is 0.703. The molecule has 12 heavy (non-hydrogen) atoms. The van der Waals surface area contributed by atoms with E-state index >= 15 is 0 Å². The largest absolute Gasteiger partial charge is 0.394 e. The summed E-state index contributed by atoms with van der Waals surface area (Å²) in [6.45, 7) is -0.911. The summed E-state index contributed by atoms with van der Waals surface area (Å²) in [6.07, 6.45) is -5.91. The van der Waals surface area contributed by atoms with Crippen molar-refractivity contribution in [3.05, 3.63) is 0 Å². The third kappa shape index (κ3) is 3.02. The number of rotatable bonds is 5. The van der Waals surface area contributed by atoms with E-state index in [-0.39, 0.29) is 6.54 Å². The third-order valence-corrected chi connectivity index (χ3v) is 1.57. The normalized spacial score (nSPS) is 21.5. The zero-order chi connectivity index (χ0) is 9.72. The van der Waals surface area contributed by atoms with Gasteiger partial charge in [-0.3, -0.25) is 0 Å². The molecular weight excluding hydrogens is 166 g/mol. The Kier molecular flexibility index (Phi) is 5.31. The van der Waals surface area contributed by atoms with Crippen molar-refractivity contribution in [1.29, 1.82) is 0 Å². The minimum absolute atomic E-state index is 0.226. The van der Waals surface area contributed by atoms with Crippen LogP contribution in [0.15, 0.2) is 0 Å². The van der Waals surface area contributed by atoms with Crippen LogP contribution in [0.4, 0.5) is 0 Å². The lowest BCUT2D eigenvalue weighted by Gasteiger charge is -2.24. The molecule has 0 radical (unpaired) electrons. The van der Waals surface area contributed by atoms with Crippen LogP contribution in [0.1, 0.15) is 0 Å². The van der Waals surface area contributed by atoms with Crippen molar-refractivity contribution >= 4 is 0 Å². The van der Waals surface area contributed by atoms with Crippen LogP contribution in [0.3, 0.4) is 0 Å². The summed E-state index contributed by atoms with van der Waals surface area (Å²) < 4.78 is 0. The van der Waals surface area contributed by atoms with Gasteiger partial charge in [0, 0.05) is 6.54 Å². The second-order valence-corrected chi connectivity index (χ2v) is 2.53. The molecule has 0 aromatic carbocycles.